The molecule has 0 aliphatic carbocycles. The second-order valence-electron chi connectivity index (χ2n) is 4.38. The molecule has 0 aromatic heterocycles. The van der Waals surface area contributed by atoms with Crippen molar-refractivity contribution in [2.24, 2.45) is 0 Å². The summed E-state index contributed by atoms with van der Waals surface area (Å²) in [7, 11) is 0. The van der Waals surface area contributed by atoms with E-state index in [1.807, 2.05) is 37.3 Å². The number of thioether (sulfide) groups is 1. The molecule has 1 amide bonds. The van der Waals surface area contributed by atoms with Crippen molar-refractivity contribution in [1.29, 1.82) is 0 Å². The Labute approximate surface area is 134 Å². The van der Waals surface area contributed by atoms with E-state index < -0.39 is 6.09 Å². The Morgan fingerprint density at radius 2 is 1.73 bits per heavy atom. The van der Waals surface area contributed by atoms with Crippen LogP contribution in [0.1, 0.15) is 6.92 Å². The number of benzene rings is 2. The summed E-state index contributed by atoms with van der Waals surface area (Å²) >= 11 is 1.69. The van der Waals surface area contributed by atoms with Crippen molar-refractivity contribution in [2.75, 3.05) is 18.9 Å². The van der Waals surface area contributed by atoms with Crippen LogP contribution in [0.5, 0.6) is 11.5 Å². The summed E-state index contributed by atoms with van der Waals surface area (Å²) in [4.78, 5) is 12.8. The molecule has 0 bridgehead atoms. The van der Waals surface area contributed by atoms with Gasteiger partial charge < -0.3 is 14.8 Å². The molecule has 22 heavy (non-hydrogen) atoms. The molecule has 0 aliphatic rings. The molecular weight excluding hydrogens is 298 g/mol. The maximum Gasteiger partial charge on any atom is 0.412 e. The summed E-state index contributed by atoms with van der Waals surface area (Å²) in [5.74, 6) is 2.05. The zero-order valence-corrected chi connectivity index (χ0v) is 13.3. The zero-order valence-electron chi connectivity index (χ0n) is 12.5. The lowest BCUT2D eigenvalue weighted by Crippen LogP contribution is -2.28. The van der Waals surface area contributed by atoms with Gasteiger partial charge in [0.05, 0.1) is 6.61 Å². The average molecular weight is 317 g/mol. The summed E-state index contributed by atoms with van der Waals surface area (Å²) in [6.07, 6.45) is -0.446. The summed E-state index contributed by atoms with van der Waals surface area (Å²) in [5.41, 5.74) is 0. The quantitative estimate of drug-likeness (QED) is 0.620. The van der Waals surface area contributed by atoms with E-state index in [1.54, 1.807) is 36.0 Å². The van der Waals surface area contributed by atoms with Crippen LogP contribution >= 0.6 is 11.8 Å². The third-order valence-electron chi connectivity index (χ3n) is 2.73. The number of carbonyl (C=O) groups excluding carboxylic acids is 1. The summed E-state index contributed by atoms with van der Waals surface area (Å²) in [5, 5.41) is 2.73. The van der Waals surface area contributed by atoms with Gasteiger partial charge in [0.25, 0.3) is 0 Å². The molecule has 5 heteroatoms. The average Bonchev–Trinajstić information content (AvgIpc) is 2.55. The topological polar surface area (TPSA) is 47.6 Å². The SMILES string of the molecule is CCOc1ccc(OC(=O)NCCSc2ccccc2)cc1. The number of hydrogen-bond donors (Lipinski definition) is 1. The van der Waals surface area contributed by atoms with Gasteiger partial charge in [0.2, 0.25) is 0 Å². The van der Waals surface area contributed by atoms with E-state index in [0.29, 0.717) is 18.9 Å². The van der Waals surface area contributed by atoms with E-state index in [0.717, 1.165) is 11.5 Å². The Hall–Kier alpha value is -2.14. The van der Waals surface area contributed by atoms with Crippen LogP contribution in [0.2, 0.25) is 0 Å². The predicted molar refractivity (Wildman–Crippen MR) is 88.8 cm³/mol. The van der Waals surface area contributed by atoms with E-state index in [9.17, 15) is 4.79 Å². The molecule has 0 fully saturated rings. The molecule has 0 atom stereocenters. The van der Waals surface area contributed by atoms with Crippen LogP contribution < -0.4 is 14.8 Å². The lowest BCUT2D eigenvalue weighted by Gasteiger charge is -2.07. The number of amides is 1. The van der Waals surface area contributed by atoms with Gasteiger partial charge in [-0.05, 0) is 43.3 Å². The van der Waals surface area contributed by atoms with Gasteiger partial charge in [0.1, 0.15) is 11.5 Å². The molecule has 2 rings (SSSR count). The predicted octanol–water partition coefficient (Wildman–Crippen LogP) is 3.97. The molecular formula is C17H19NO3S. The molecule has 2 aromatic carbocycles. The van der Waals surface area contributed by atoms with E-state index in [4.69, 9.17) is 9.47 Å². The number of nitrogens with one attached hydrogen (secondary N) is 1. The molecule has 4 nitrogen and oxygen atoms in total. The van der Waals surface area contributed by atoms with Crippen molar-refractivity contribution in [3.63, 3.8) is 0 Å². The fraction of sp³-hybridized carbons (Fsp3) is 0.235. The highest BCUT2D eigenvalue weighted by molar-refractivity contribution is 7.99. The Morgan fingerprint density at radius 1 is 1.05 bits per heavy atom. The lowest BCUT2D eigenvalue weighted by atomic mass is 10.3. The molecule has 0 radical (unpaired) electrons. The summed E-state index contributed by atoms with van der Waals surface area (Å²) in [6.45, 7) is 3.08. The minimum Gasteiger partial charge on any atom is -0.494 e. The first-order valence-corrected chi connectivity index (χ1v) is 8.13. The van der Waals surface area contributed by atoms with E-state index in [2.05, 4.69) is 5.32 Å². The van der Waals surface area contributed by atoms with Gasteiger partial charge in [-0.2, -0.15) is 0 Å². The molecule has 0 saturated heterocycles. The third kappa shape index (κ3) is 5.69. The third-order valence-corrected chi connectivity index (χ3v) is 3.74. The maximum absolute atomic E-state index is 11.7. The van der Waals surface area contributed by atoms with E-state index >= 15 is 0 Å². The Kier molecular flexibility index (Phi) is 6.64. The zero-order chi connectivity index (χ0) is 15.6. The van der Waals surface area contributed by atoms with Crippen LogP contribution in [0.25, 0.3) is 0 Å². The van der Waals surface area contributed by atoms with Gasteiger partial charge in [0, 0.05) is 17.2 Å². The molecule has 2 aromatic rings. The molecule has 0 unspecified atom stereocenters. The van der Waals surface area contributed by atoms with Gasteiger partial charge in [0.15, 0.2) is 0 Å². The highest BCUT2D eigenvalue weighted by atomic mass is 32.2. The minimum absolute atomic E-state index is 0.446. The van der Waals surface area contributed by atoms with Gasteiger partial charge in [-0.1, -0.05) is 18.2 Å². The lowest BCUT2D eigenvalue weighted by molar-refractivity contribution is 0.201. The molecule has 0 heterocycles. The number of hydrogen-bond acceptors (Lipinski definition) is 4. The van der Waals surface area contributed by atoms with Crippen molar-refractivity contribution >= 4 is 17.9 Å². The first kappa shape index (κ1) is 16.2. The molecule has 0 spiro atoms. The van der Waals surface area contributed by atoms with E-state index in [1.165, 1.54) is 4.90 Å². The second kappa shape index (κ2) is 9.00. The van der Waals surface area contributed by atoms with Gasteiger partial charge in [-0.3, -0.25) is 0 Å². The summed E-state index contributed by atoms with van der Waals surface area (Å²) < 4.78 is 10.5. The van der Waals surface area contributed by atoms with Crippen LogP contribution in [-0.4, -0.2) is 25.0 Å². The van der Waals surface area contributed by atoms with Gasteiger partial charge in [-0.25, -0.2) is 4.79 Å². The monoisotopic (exact) mass is 317 g/mol. The van der Waals surface area contributed by atoms with Crippen molar-refractivity contribution in [2.45, 2.75) is 11.8 Å². The van der Waals surface area contributed by atoms with Crippen molar-refractivity contribution in [1.82, 2.24) is 5.32 Å². The highest BCUT2D eigenvalue weighted by Gasteiger charge is 2.04. The normalized spacial score (nSPS) is 10.0. The van der Waals surface area contributed by atoms with Crippen LogP contribution in [0, 0.1) is 0 Å². The molecule has 1 N–H and O–H groups in total. The fourth-order valence-electron chi connectivity index (χ4n) is 1.75. The Bertz CT molecular complexity index is 572. The van der Waals surface area contributed by atoms with Crippen LogP contribution in [0.4, 0.5) is 4.79 Å². The first-order chi connectivity index (χ1) is 10.8. The molecule has 0 saturated carbocycles. The maximum atomic E-state index is 11.7. The number of ether oxygens (including phenoxy) is 2. The number of rotatable bonds is 7. The minimum atomic E-state index is -0.446. The summed E-state index contributed by atoms with van der Waals surface area (Å²) in [6, 6.07) is 17.0. The largest absolute Gasteiger partial charge is 0.494 e. The van der Waals surface area contributed by atoms with Crippen molar-refractivity contribution < 1.29 is 14.3 Å². The van der Waals surface area contributed by atoms with Crippen LogP contribution in [0.3, 0.4) is 0 Å². The first-order valence-electron chi connectivity index (χ1n) is 7.14. The fourth-order valence-corrected chi connectivity index (χ4v) is 2.54. The van der Waals surface area contributed by atoms with E-state index in [-0.39, 0.29) is 0 Å². The number of carbonyl (C=O) groups is 1. The highest BCUT2D eigenvalue weighted by Crippen LogP contribution is 2.18. The molecule has 0 aliphatic heterocycles. The second-order valence-corrected chi connectivity index (χ2v) is 5.55. The van der Waals surface area contributed by atoms with Gasteiger partial charge in [-0.15, -0.1) is 11.8 Å². The standard InChI is InChI=1S/C17H19NO3S/c1-2-20-14-8-10-15(11-9-14)21-17(19)18-12-13-22-16-6-4-3-5-7-16/h3-11H,2,12-13H2,1H3,(H,18,19). The van der Waals surface area contributed by atoms with Crippen LogP contribution in [-0.2, 0) is 0 Å². The van der Waals surface area contributed by atoms with Crippen molar-refractivity contribution in [3.05, 3.63) is 54.6 Å². The Balaban J connectivity index is 1.67. The van der Waals surface area contributed by atoms with Crippen LogP contribution in [0.15, 0.2) is 59.5 Å². The van der Waals surface area contributed by atoms with Crippen molar-refractivity contribution in [3.8, 4) is 11.5 Å². The Morgan fingerprint density at radius 3 is 2.41 bits per heavy atom. The molecule has 116 valence electrons. The smallest absolute Gasteiger partial charge is 0.412 e. The van der Waals surface area contributed by atoms with Gasteiger partial charge >= 0.3 is 6.09 Å².